The van der Waals surface area contributed by atoms with Crippen molar-refractivity contribution in [2.75, 3.05) is 38.2 Å². The Hall–Kier alpha value is -1.06. The van der Waals surface area contributed by atoms with Gasteiger partial charge < -0.3 is 9.64 Å². The lowest BCUT2D eigenvalue weighted by Crippen LogP contribution is -2.49. The summed E-state index contributed by atoms with van der Waals surface area (Å²) < 4.78 is 33.3. The first-order valence-electron chi connectivity index (χ1n) is 7.73. The first-order valence-corrected chi connectivity index (χ1v) is 10.7. The molecule has 1 aromatic carbocycles. The van der Waals surface area contributed by atoms with Crippen LogP contribution in [0.4, 0.5) is 5.82 Å². The third-order valence-electron chi connectivity index (χ3n) is 4.07. The molecule has 1 saturated heterocycles. The fourth-order valence-corrected chi connectivity index (χ4v) is 5.85. The van der Waals surface area contributed by atoms with Crippen LogP contribution in [0, 0.1) is 0 Å². The maximum atomic E-state index is 13.1. The molecule has 1 aliphatic heterocycles. The molecule has 0 aliphatic carbocycles. The predicted octanol–water partition coefficient (Wildman–Crippen LogP) is 3.67. The molecule has 1 aliphatic rings. The van der Waals surface area contributed by atoms with Crippen molar-refractivity contribution >= 4 is 55.0 Å². The lowest BCUT2D eigenvalue weighted by molar-refractivity contribution is 0.373. The minimum Gasteiger partial charge on any atom is -0.494 e. The minimum absolute atomic E-state index is 0.0451. The molecule has 0 unspecified atom stereocenters. The third-order valence-corrected chi connectivity index (χ3v) is 7.08. The van der Waals surface area contributed by atoms with Gasteiger partial charge in [0.25, 0.3) is 0 Å². The molecular formula is C16H16BrCl2N3O3S. The average molecular weight is 481 g/mol. The fourth-order valence-electron chi connectivity index (χ4n) is 2.82. The summed E-state index contributed by atoms with van der Waals surface area (Å²) in [4.78, 5) is 6.30. The largest absolute Gasteiger partial charge is 0.494 e. The van der Waals surface area contributed by atoms with Crippen molar-refractivity contribution in [3.63, 3.8) is 0 Å². The number of anilines is 1. The Morgan fingerprint density at radius 1 is 1.19 bits per heavy atom. The second-order valence-corrected chi connectivity index (χ2v) is 9.22. The highest BCUT2D eigenvalue weighted by atomic mass is 79.9. The van der Waals surface area contributed by atoms with E-state index in [0.29, 0.717) is 46.5 Å². The van der Waals surface area contributed by atoms with Gasteiger partial charge in [0, 0.05) is 37.4 Å². The molecule has 3 rings (SSSR count). The van der Waals surface area contributed by atoms with Crippen LogP contribution in [0.1, 0.15) is 0 Å². The number of benzene rings is 1. The van der Waals surface area contributed by atoms with E-state index in [1.54, 1.807) is 24.4 Å². The fraction of sp³-hybridized carbons (Fsp3) is 0.312. The molecule has 0 bridgehead atoms. The van der Waals surface area contributed by atoms with Gasteiger partial charge in [0.05, 0.1) is 16.6 Å². The van der Waals surface area contributed by atoms with Crippen LogP contribution < -0.4 is 9.64 Å². The third kappa shape index (κ3) is 3.80. The van der Waals surface area contributed by atoms with Crippen molar-refractivity contribution in [3.8, 4) is 5.75 Å². The SMILES string of the molecule is COc1c(Br)cc(Cl)cc1S(=O)(=O)N1CCN(c2ncccc2Cl)CC1. The van der Waals surface area contributed by atoms with E-state index in [1.165, 1.54) is 17.5 Å². The van der Waals surface area contributed by atoms with Gasteiger partial charge in [0.15, 0.2) is 5.75 Å². The van der Waals surface area contributed by atoms with Gasteiger partial charge in [0.1, 0.15) is 10.7 Å². The van der Waals surface area contributed by atoms with E-state index in [0.717, 1.165) is 0 Å². The molecule has 10 heteroatoms. The minimum atomic E-state index is -3.75. The molecule has 1 fully saturated rings. The van der Waals surface area contributed by atoms with E-state index in [-0.39, 0.29) is 10.6 Å². The maximum absolute atomic E-state index is 13.1. The van der Waals surface area contributed by atoms with Gasteiger partial charge in [0.2, 0.25) is 10.0 Å². The summed E-state index contributed by atoms with van der Waals surface area (Å²) in [5, 5.41) is 0.861. The Morgan fingerprint density at radius 3 is 2.50 bits per heavy atom. The Morgan fingerprint density at radius 2 is 1.88 bits per heavy atom. The lowest BCUT2D eigenvalue weighted by atomic mass is 10.3. The van der Waals surface area contributed by atoms with Crippen LogP contribution in [0.5, 0.6) is 5.75 Å². The molecule has 2 aromatic rings. The molecule has 0 radical (unpaired) electrons. The summed E-state index contributed by atoms with van der Waals surface area (Å²) in [6.07, 6.45) is 1.67. The van der Waals surface area contributed by atoms with Crippen LogP contribution in [0.3, 0.4) is 0 Å². The number of piperazine rings is 1. The van der Waals surface area contributed by atoms with Crippen molar-refractivity contribution in [1.29, 1.82) is 0 Å². The maximum Gasteiger partial charge on any atom is 0.246 e. The van der Waals surface area contributed by atoms with Crippen molar-refractivity contribution < 1.29 is 13.2 Å². The number of aromatic nitrogens is 1. The monoisotopic (exact) mass is 479 g/mol. The lowest BCUT2D eigenvalue weighted by Gasteiger charge is -2.35. The van der Waals surface area contributed by atoms with E-state index in [2.05, 4.69) is 20.9 Å². The van der Waals surface area contributed by atoms with Gasteiger partial charge in [-0.05, 0) is 40.2 Å². The summed E-state index contributed by atoms with van der Waals surface area (Å²) in [5.74, 6) is 0.902. The first-order chi connectivity index (χ1) is 12.3. The van der Waals surface area contributed by atoms with E-state index >= 15 is 0 Å². The Balaban J connectivity index is 1.84. The smallest absolute Gasteiger partial charge is 0.246 e. The van der Waals surface area contributed by atoms with Crippen LogP contribution in [0.15, 0.2) is 39.8 Å². The molecule has 140 valence electrons. The number of rotatable bonds is 4. The van der Waals surface area contributed by atoms with Crippen LogP contribution in [-0.2, 0) is 10.0 Å². The Labute approximate surface area is 170 Å². The molecule has 26 heavy (non-hydrogen) atoms. The molecule has 2 heterocycles. The normalized spacial score (nSPS) is 15.9. The Bertz CT molecular complexity index is 919. The number of sulfonamides is 1. The topological polar surface area (TPSA) is 62.7 Å². The number of ether oxygens (including phenoxy) is 1. The van der Waals surface area contributed by atoms with Crippen molar-refractivity contribution in [3.05, 3.63) is 45.0 Å². The molecular weight excluding hydrogens is 465 g/mol. The van der Waals surface area contributed by atoms with Gasteiger partial charge in [-0.25, -0.2) is 13.4 Å². The summed E-state index contributed by atoms with van der Waals surface area (Å²) in [5.41, 5.74) is 0. The number of hydrogen-bond acceptors (Lipinski definition) is 5. The van der Waals surface area contributed by atoms with Crippen LogP contribution in [0.25, 0.3) is 0 Å². The molecule has 0 atom stereocenters. The van der Waals surface area contributed by atoms with Crippen LogP contribution in [0.2, 0.25) is 10.0 Å². The van der Waals surface area contributed by atoms with Crippen molar-refractivity contribution in [2.45, 2.75) is 4.90 Å². The number of methoxy groups -OCH3 is 1. The zero-order valence-corrected chi connectivity index (χ0v) is 17.7. The van der Waals surface area contributed by atoms with E-state index in [1.807, 2.05) is 4.90 Å². The first kappa shape index (κ1) is 19.7. The number of halogens is 3. The molecule has 0 N–H and O–H groups in total. The standard InChI is InChI=1S/C16H16BrCl2N3O3S/c1-25-15-12(17)9-11(18)10-14(15)26(23,24)22-7-5-21(6-8-22)16-13(19)3-2-4-20-16/h2-4,9-10H,5-8H2,1H3. The second-order valence-electron chi connectivity index (χ2n) is 5.62. The quantitative estimate of drug-likeness (QED) is 0.668. The summed E-state index contributed by atoms with van der Waals surface area (Å²) in [6, 6.07) is 6.53. The highest BCUT2D eigenvalue weighted by Crippen LogP contribution is 2.37. The van der Waals surface area contributed by atoms with Gasteiger partial charge in [-0.3, -0.25) is 0 Å². The molecule has 6 nitrogen and oxygen atoms in total. The second kappa shape index (κ2) is 7.90. The van der Waals surface area contributed by atoms with E-state index in [9.17, 15) is 8.42 Å². The van der Waals surface area contributed by atoms with Crippen molar-refractivity contribution in [1.82, 2.24) is 9.29 Å². The zero-order valence-electron chi connectivity index (χ0n) is 13.8. The van der Waals surface area contributed by atoms with Crippen LogP contribution in [-0.4, -0.2) is 51.0 Å². The van der Waals surface area contributed by atoms with Crippen molar-refractivity contribution in [2.24, 2.45) is 0 Å². The highest BCUT2D eigenvalue weighted by molar-refractivity contribution is 9.10. The Kier molecular flexibility index (Phi) is 5.98. The van der Waals surface area contributed by atoms with E-state index in [4.69, 9.17) is 27.9 Å². The summed E-state index contributed by atoms with van der Waals surface area (Å²) >= 11 is 15.5. The molecule has 0 spiro atoms. The van der Waals surface area contributed by atoms with Gasteiger partial charge in [-0.2, -0.15) is 4.31 Å². The number of hydrogen-bond donors (Lipinski definition) is 0. The average Bonchev–Trinajstić information content (AvgIpc) is 2.61. The van der Waals surface area contributed by atoms with Crippen LogP contribution >= 0.6 is 39.1 Å². The zero-order chi connectivity index (χ0) is 18.9. The molecule has 1 aromatic heterocycles. The molecule has 0 saturated carbocycles. The van der Waals surface area contributed by atoms with Gasteiger partial charge >= 0.3 is 0 Å². The van der Waals surface area contributed by atoms with Gasteiger partial charge in [-0.1, -0.05) is 23.2 Å². The molecule has 0 amide bonds. The summed E-state index contributed by atoms with van der Waals surface area (Å²) in [7, 11) is -2.33. The predicted molar refractivity (Wildman–Crippen MR) is 106 cm³/mol. The summed E-state index contributed by atoms with van der Waals surface area (Å²) in [6.45, 7) is 1.59. The number of pyridine rings is 1. The van der Waals surface area contributed by atoms with Gasteiger partial charge in [-0.15, -0.1) is 0 Å². The highest BCUT2D eigenvalue weighted by Gasteiger charge is 2.32. The van der Waals surface area contributed by atoms with E-state index < -0.39 is 10.0 Å². The number of nitrogens with zero attached hydrogens (tertiary/aromatic N) is 3.